The molecular formula is C14H16FN5S. The van der Waals surface area contributed by atoms with E-state index in [1.807, 2.05) is 24.5 Å². The van der Waals surface area contributed by atoms with E-state index in [2.05, 4.69) is 10.2 Å². The van der Waals surface area contributed by atoms with Crippen molar-refractivity contribution in [1.29, 1.82) is 5.26 Å². The number of nitrogens with two attached hydrogens (primary N) is 1. The number of hydrogen-bond donors (Lipinski definition) is 1. The fourth-order valence-electron chi connectivity index (χ4n) is 1.98. The van der Waals surface area contributed by atoms with Crippen molar-refractivity contribution in [2.24, 2.45) is 5.73 Å². The SMILES string of the molecule is CC(C)n1c(CN)nnc1SCc1cccc(C#N)c1F. The predicted molar refractivity (Wildman–Crippen MR) is 79.0 cm³/mol. The summed E-state index contributed by atoms with van der Waals surface area (Å²) in [7, 11) is 0. The van der Waals surface area contributed by atoms with Crippen LogP contribution < -0.4 is 5.73 Å². The van der Waals surface area contributed by atoms with Crippen molar-refractivity contribution in [2.45, 2.75) is 37.3 Å². The van der Waals surface area contributed by atoms with Crippen LogP contribution >= 0.6 is 11.8 Å². The van der Waals surface area contributed by atoms with E-state index in [1.165, 1.54) is 17.8 Å². The molecule has 2 N–H and O–H groups in total. The monoisotopic (exact) mass is 305 g/mol. The van der Waals surface area contributed by atoms with E-state index < -0.39 is 5.82 Å². The highest BCUT2D eigenvalue weighted by molar-refractivity contribution is 7.98. The predicted octanol–water partition coefficient (Wildman–Crippen LogP) is 2.62. The highest BCUT2D eigenvalue weighted by atomic mass is 32.2. The molecule has 1 heterocycles. The number of thioether (sulfide) groups is 1. The van der Waals surface area contributed by atoms with Crippen LogP contribution in [0.4, 0.5) is 4.39 Å². The first kappa shape index (κ1) is 15.5. The van der Waals surface area contributed by atoms with Crippen molar-refractivity contribution in [3.8, 4) is 6.07 Å². The van der Waals surface area contributed by atoms with E-state index in [9.17, 15) is 4.39 Å². The van der Waals surface area contributed by atoms with E-state index in [0.717, 1.165) is 0 Å². The Kier molecular flexibility index (Phi) is 4.94. The summed E-state index contributed by atoms with van der Waals surface area (Å²) in [6.07, 6.45) is 0. The summed E-state index contributed by atoms with van der Waals surface area (Å²) in [5, 5.41) is 17.7. The molecule has 21 heavy (non-hydrogen) atoms. The van der Waals surface area contributed by atoms with Gasteiger partial charge in [-0.25, -0.2) is 4.39 Å². The summed E-state index contributed by atoms with van der Waals surface area (Å²) in [4.78, 5) is 0. The summed E-state index contributed by atoms with van der Waals surface area (Å²) in [6.45, 7) is 4.34. The number of halogens is 1. The zero-order valence-electron chi connectivity index (χ0n) is 11.9. The number of aromatic nitrogens is 3. The van der Waals surface area contributed by atoms with Crippen LogP contribution in [0.1, 0.15) is 36.8 Å². The number of benzene rings is 1. The minimum atomic E-state index is -0.470. The van der Waals surface area contributed by atoms with Gasteiger partial charge in [0.15, 0.2) is 5.16 Å². The van der Waals surface area contributed by atoms with Crippen LogP contribution in [0, 0.1) is 17.1 Å². The number of hydrogen-bond acceptors (Lipinski definition) is 5. The zero-order valence-corrected chi connectivity index (χ0v) is 12.7. The molecule has 0 radical (unpaired) electrons. The highest BCUT2D eigenvalue weighted by Crippen LogP contribution is 2.26. The molecule has 0 aliphatic carbocycles. The normalized spacial score (nSPS) is 10.9. The molecule has 1 aromatic carbocycles. The molecular weight excluding hydrogens is 289 g/mol. The van der Waals surface area contributed by atoms with Crippen molar-refractivity contribution in [2.75, 3.05) is 0 Å². The molecule has 5 nitrogen and oxygen atoms in total. The van der Waals surface area contributed by atoms with Gasteiger partial charge in [0.05, 0.1) is 12.1 Å². The fourth-order valence-corrected chi connectivity index (χ4v) is 3.05. The summed E-state index contributed by atoms with van der Waals surface area (Å²) in [5.74, 6) is 0.623. The molecule has 7 heteroatoms. The smallest absolute Gasteiger partial charge is 0.191 e. The summed E-state index contributed by atoms with van der Waals surface area (Å²) in [6, 6.07) is 6.83. The Labute approximate surface area is 127 Å². The highest BCUT2D eigenvalue weighted by Gasteiger charge is 2.15. The van der Waals surface area contributed by atoms with Gasteiger partial charge in [0, 0.05) is 11.8 Å². The van der Waals surface area contributed by atoms with Gasteiger partial charge in [-0.3, -0.25) is 0 Å². The second kappa shape index (κ2) is 6.70. The Balaban J connectivity index is 2.22. The van der Waals surface area contributed by atoms with Gasteiger partial charge in [-0.2, -0.15) is 5.26 Å². The van der Waals surface area contributed by atoms with Crippen LogP contribution in [0.25, 0.3) is 0 Å². The Hall–Kier alpha value is -1.91. The average molecular weight is 305 g/mol. The molecule has 0 saturated heterocycles. The third kappa shape index (κ3) is 3.23. The van der Waals surface area contributed by atoms with Crippen LogP contribution in [-0.2, 0) is 12.3 Å². The molecule has 1 aromatic heterocycles. The van der Waals surface area contributed by atoms with Gasteiger partial charge in [0.2, 0.25) is 0 Å². The van der Waals surface area contributed by atoms with E-state index in [0.29, 0.717) is 28.8 Å². The molecule has 0 amide bonds. The summed E-state index contributed by atoms with van der Waals surface area (Å²) < 4.78 is 15.9. The van der Waals surface area contributed by atoms with Crippen molar-refractivity contribution in [3.63, 3.8) is 0 Å². The molecule has 0 saturated carbocycles. The Morgan fingerprint density at radius 3 is 2.81 bits per heavy atom. The lowest BCUT2D eigenvalue weighted by molar-refractivity contribution is 0.526. The van der Waals surface area contributed by atoms with Crippen LogP contribution in [0.5, 0.6) is 0 Å². The van der Waals surface area contributed by atoms with Gasteiger partial charge in [-0.15, -0.1) is 10.2 Å². The minimum absolute atomic E-state index is 0.0565. The van der Waals surface area contributed by atoms with Gasteiger partial charge >= 0.3 is 0 Å². The van der Waals surface area contributed by atoms with Crippen LogP contribution in [0.15, 0.2) is 23.4 Å². The van der Waals surface area contributed by atoms with E-state index in [1.54, 1.807) is 12.1 Å². The molecule has 0 bridgehead atoms. The van der Waals surface area contributed by atoms with Crippen molar-refractivity contribution >= 4 is 11.8 Å². The maximum Gasteiger partial charge on any atom is 0.191 e. The maximum absolute atomic E-state index is 14.0. The lowest BCUT2D eigenvalue weighted by atomic mass is 10.1. The van der Waals surface area contributed by atoms with Gasteiger partial charge in [0.25, 0.3) is 0 Å². The fraction of sp³-hybridized carbons (Fsp3) is 0.357. The second-order valence-electron chi connectivity index (χ2n) is 4.75. The summed E-state index contributed by atoms with van der Waals surface area (Å²) >= 11 is 1.38. The van der Waals surface area contributed by atoms with Crippen LogP contribution in [0.2, 0.25) is 0 Å². The topological polar surface area (TPSA) is 80.5 Å². The van der Waals surface area contributed by atoms with Gasteiger partial charge in [-0.05, 0) is 25.5 Å². The van der Waals surface area contributed by atoms with Gasteiger partial charge in [-0.1, -0.05) is 23.9 Å². The lowest BCUT2D eigenvalue weighted by Gasteiger charge is -2.12. The minimum Gasteiger partial charge on any atom is -0.324 e. The molecule has 0 unspecified atom stereocenters. The second-order valence-corrected chi connectivity index (χ2v) is 5.69. The molecule has 110 valence electrons. The number of nitriles is 1. The Morgan fingerprint density at radius 1 is 1.43 bits per heavy atom. The Bertz CT molecular complexity index is 674. The van der Waals surface area contributed by atoms with Crippen molar-refractivity contribution in [3.05, 3.63) is 41.0 Å². The van der Waals surface area contributed by atoms with E-state index in [4.69, 9.17) is 11.0 Å². The van der Waals surface area contributed by atoms with Crippen LogP contribution in [-0.4, -0.2) is 14.8 Å². The Morgan fingerprint density at radius 2 is 2.19 bits per heavy atom. The molecule has 0 atom stereocenters. The molecule has 0 spiro atoms. The van der Waals surface area contributed by atoms with Crippen LogP contribution in [0.3, 0.4) is 0 Å². The molecule has 0 aliphatic heterocycles. The first-order chi connectivity index (χ1) is 10.1. The molecule has 0 fully saturated rings. The third-order valence-corrected chi connectivity index (χ3v) is 3.98. The number of nitrogens with zero attached hydrogens (tertiary/aromatic N) is 4. The first-order valence-corrected chi connectivity index (χ1v) is 7.51. The standard InChI is InChI=1S/C14H16FN5S/c1-9(2)20-12(7-17)18-19-14(20)21-8-11-5-3-4-10(6-16)13(11)15/h3-5,9H,7-8,17H2,1-2H3. The summed E-state index contributed by atoms with van der Waals surface area (Å²) in [5.41, 5.74) is 6.18. The lowest BCUT2D eigenvalue weighted by Crippen LogP contribution is -2.11. The molecule has 2 rings (SSSR count). The van der Waals surface area contributed by atoms with E-state index >= 15 is 0 Å². The maximum atomic E-state index is 14.0. The quantitative estimate of drug-likeness (QED) is 0.859. The molecule has 2 aromatic rings. The number of rotatable bonds is 5. The first-order valence-electron chi connectivity index (χ1n) is 6.52. The average Bonchev–Trinajstić information content (AvgIpc) is 2.89. The largest absolute Gasteiger partial charge is 0.324 e. The molecule has 0 aliphatic rings. The van der Waals surface area contributed by atoms with Gasteiger partial charge in [0.1, 0.15) is 17.7 Å². The van der Waals surface area contributed by atoms with Crippen molar-refractivity contribution in [1.82, 2.24) is 14.8 Å². The van der Waals surface area contributed by atoms with Gasteiger partial charge < -0.3 is 10.3 Å². The van der Waals surface area contributed by atoms with Crippen molar-refractivity contribution < 1.29 is 4.39 Å². The third-order valence-electron chi connectivity index (χ3n) is 2.99. The van der Waals surface area contributed by atoms with E-state index in [-0.39, 0.29) is 11.6 Å². The zero-order chi connectivity index (χ0) is 15.4.